The quantitative estimate of drug-likeness (QED) is 0.447. The number of carbonyl (C=O) groups is 1. The van der Waals surface area contributed by atoms with Gasteiger partial charge in [0.05, 0.1) is 0 Å². The minimum absolute atomic E-state index is 0.444. The SMILES string of the molecule is COC(C#N)C=O. The van der Waals surface area contributed by atoms with Gasteiger partial charge in [-0.2, -0.15) is 5.26 Å². The highest BCUT2D eigenvalue weighted by atomic mass is 16.5. The lowest BCUT2D eigenvalue weighted by Crippen LogP contribution is -2.07. The van der Waals surface area contributed by atoms with E-state index in [1.807, 2.05) is 0 Å². The predicted molar refractivity (Wildman–Crippen MR) is 22.5 cm³/mol. The first-order valence-electron chi connectivity index (χ1n) is 1.73. The van der Waals surface area contributed by atoms with Gasteiger partial charge in [0.25, 0.3) is 0 Å². The smallest absolute Gasteiger partial charge is 0.198 e. The van der Waals surface area contributed by atoms with Gasteiger partial charge in [-0.25, -0.2) is 0 Å². The molecule has 0 rings (SSSR count). The minimum Gasteiger partial charge on any atom is -0.359 e. The number of ether oxygens (including phenoxy) is 1. The molecule has 0 aliphatic heterocycles. The zero-order valence-corrected chi connectivity index (χ0v) is 3.92. The van der Waals surface area contributed by atoms with E-state index in [0.29, 0.717) is 6.29 Å². The third-order valence-corrected chi connectivity index (χ3v) is 0.505. The van der Waals surface area contributed by atoms with Gasteiger partial charge in [-0.15, -0.1) is 0 Å². The maximum Gasteiger partial charge on any atom is 0.198 e. The van der Waals surface area contributed by atoms with Crippen molar-refractivity contribution in [2.24, 2.45) is 0 Å². The number of rotatable bonds is 2. The van der Waals surface area contributed by atoms with Gasteiger partial charge in [0.15, 0.2) is 12.4 Å². The van der Waals surface area contributed by atoms with E-state index in [1.54, 1.807) is 6.07 Å². The molecule has 0 aliphatic rings. The van der Waals surface area contributed by atoms with Crippen LogP contribution in [-0.2, 0) is 9.53 Å². The Morgan fingerprint density at radius 3 is 2.57 bits per heavy atom. The summed E-state index contributed by atoms with van der Waals surface area (Å²) in [6.45, 7) is 0. The van der Waals surface area contributed by atoms with Crippen LogP contribution in [0.25, 0.3) is 0 Å². The van der Waals surface area contributed by atoms with Crippen molar-refractivity contribution in [3.8, 4) is 6.07 Å². The highest BCUT2D eigenvalue weighted by molar-refractivity contribution is 5.60. The van der Waals surface area contributed by atoms with Gasteiger partial charge in [0.2, 0.25) is 0 Å². The Labute approximate surface area is 41.5 Å². The molecule has 0 spiro atoms. The Morgan fingerprint density at radius 2 is 2.57 bits per heavy atom. The second-order valence-corrected chi connectivity index (χ2v) is 0.921. The molecule has 0 heterocycles. The molecule has 0 bridgehead atoms. The maximum atomic E-state index is 9.62. The summed E-state index contributed by atoms with van der Waals surface area (Å²) in [6.07, 6.45) is -0.444. The maximum absolute atomic E-state index is 9.62. The molecule has 0 aromatic rings. The molecule has 3 nitrogen and oxygen atoms in total. The molecule has 0 radical (unpaired) electrons. The van der Waals surface area contributed by atoms with Crippen molar-refractivity contribution < 1.29 is 9.53 Å². The van der Waals surface area contributed by atoms with Gasteiger partial charge in [-0.1, -0.05) is 0 Å². The molecule has 0 aromatic heterocycles. The van der Waals surface area contributed by atoms with Crippen LogP contribution in [0.4, 0.5) is 0 Å². The summed E-state index contributed by atoms with van der Waals surface area (Å²) in [7, 11) is 1.31. The van der Waals surface area contributed by atoms with Crippen LogP contribution in [0.5, 0.6) is 0 Å². The van der Waals surface area contributed by atoms with Gasteiger partial charge < -0.3 is 4.74 Å². The number of nitrogens with zero attached hydrogens (tertiary/aromatic N) is 1. The molecule has 0 saturated heterocycles. The van der Waals surface area contributed by atoms with Crippen molar-refractivity contribution >= 4 is 6.29 Å². The van der Waals surface area contributed by atoms with E-state index < -0.39 is 6.10 Å². The largest absolute Gasteiger partial charge is 0.359 e. The molecule has 0 amide bonds. The first-order valence-corrected chi connectivity index (χ1v) is 1.73. The normalized spacial score (nSPS) is 12.0. The second kappa shape index (κ2) is 3.32. The molecule has 1 atom stereocenters. The minimum atomic E-state index is -0.889. The fourth-order valence-corrected chi connectivity index (χ4v) is 0.139. The van der Waals surface area contributed by atoms with Crippen molar-refractivity contribution in [1.29, 1.82) is 5.26 Å². The van der Waals surface area contributed by atoms with Crippen LogP contribution in [0.15, 0.2) is 0 Å². The van der Waals surface area contributed by atoms with Crippen LogP contribution in [0.3, 0.4) is 0 Å². The number of aldehydes is 1. The van der Waals surface area contributed by atoms with E-state index in [4.69, 9.17) is 5.26 Å². The number of nitriles is 1. The molecule has 0 fully saturated rings. The molecule has 0 aromatic carbocycles. The van der Waals surface area contributed by atoms with Crippen LogP contribution in [0.1, 0.15) is 0 Å². The summed E-state index contributed by atoms with van der Waals surface area (Å²) in [5, 5.41) is 7.92. The Balaban J connectivity index is 3.43. The van der Waals surface area contributed by atoms with Gasteiger partial charge in [-0.3, -0.25) is 4.79 Å². The fraction of sp³-hybridized carbons (Fsp3) is 0.500. The van der Waals surface area contributed by atoms with Crippen molar-refractivity contribution in [2.45, 2.75) is 6.10 Å². The average Bonchev–Trinajstić information content (AvgIpc) is 1.72. The Morgan fingerprint density at radius 1 is 2.00 bits per heavy atom. The first-order chi connectivity index (χ1) is 3.35. The number of carbonyl (C=O) groups excluding carboxylic acids is 1. The molecule has 3 heteroatoms. The number of hydrogen-bond acceptors (Lipinski definition) is 3. The standard InChI is InChI=1S/C4H5NO2/c1-7-4(2-5)3-6/h3-4H,1H3. The topological polar surface area (TPSA) is 50.1 Å². The predicted octanol–water partition coefficient (Wildman–Crippen LogP) is -0.276. The molecule has 0 aliphatic carbocycles. The number of hydrogen-bond donors (Lipinski definition) is 0. The molecular weight excluding hydrogens is 94.0 g/mol. The Hall–Kier alpha value is -0.880. The highest BCUT2D eigenvalue weighted by Gasteiger charge is 1.97. The summed E-state index contributed by atoms with van der Waals surface area (Å²) in [6, 6.07) is 1.61. The average molecular weight is 99.1 g/mol. The van der Waals surface area contributed by atoms with Crippen molar-refractivity contribution in [1.82, 2.24) is 0 Å². The van der Waals surface area contributed by atoms with Crippen LogP contribution >= 0.6 is 0 Å². The lowest BCUT2D eigenvalue weighted by Gasteiger charge is -1.90. The second-order valence-electron chi connectivity index (χ2n) is 0.921. The zero-order chi connectivity index (χ0) is 5.70. The van der Waals surface area contributed by atoms with Crippen LogP contribution in [0.2, 0.25) is 0 Å². The van der Waals surface area contributed by atoms with Crippen LogP contribution in [-0.4, -0.2) is 19.5 Å². The zero-order valence-electron chi connectivity index (χ0n) is 3.92. The molecular formula is C4H5NO2. The van der Waals surface area contributed by atoms with E-state index >= 15 is 0 Å². The Kier molecular flexibility index (Phi) is 2.90. The monoisotopic (exact) mass is 99.0 g/mol. The number of methoxy groups -OCH3 is 1. The third kappa shape index (κ3) is 1.90. The molecule has 0 saturated carbocycles. The summed E-state index contributed by atoms with van der Waals surface area (Å²) in [4.78, 5) is 9.62. The lowest BCUT2D eigenvalue weighted by molar-refractivity contribution is -0.113. The lowest BCUT2D eigenvalue weighted by atomic mass is 10.4. The third-order valence-electron chi connectivity index (χ3n) is 0.505. The van der Waals surface area contributed by atoms with E-state index in [0.717, 1.165) is 0 Å². The Bertz CT molecular complexity index is 94.4. The summed E-state index contributed by atoms with van der Waals surface area (Å²) in [5.41, 5.74) is 0. The van der Waals surface area contributed by atoms with Gasteiger partial charge >= 0.3 is 0 Å². The summed E-state index contributed by atoms with van der Waals surface area (Å²) < 4.78 is 4.32. The van der Waals surface area contributed by atoms with E-state index in [2.05, 4.69) is 4.74 Å². The van der Waals surface area contributed by atoms with Gasteiger partial charge in [0, 0.05) is 7.11 Å². The van der Waals surface area contributed by atoms with Gasteiger partial charge in [-0.05, 0) is 0 Å². The summed E-state index contributed by atoms with van der Waals surface area (Å²) in [5.74, 6) is 0. The molecule has 38 valence electrons. The highest BCUT2D eigenvalue weighted by Crippen LogP contribution is 1.76. The first kappa shape index (κ1) is 6.12. The molecule has 7 heavy (non-hydrogen) atoms. The fourth-order valence-electron chi connectivity index (χ4n) is 0.139. The molecule has 1 unspecified atom stereocenters. The van der Waals surface area contributed by atoms with Crippen molar-refractivity contribution in [2.75, 3.05) is 7.11 Å². The van der Waals surface area contributed by atoms with Crippen molar-refractivity contribution in [3.05, 3.63) is 0 Å². The van der Waals surface area contributed by atoms with Crippen molar-refractivity contribution in [3.63, 3.8) is 0 Å². The molecule has 0 N–H and O–H groups in total. The summed E-state index contributed by atoms with van der Waals surface area (Å²) >= 11 is 0. The van der Waals surface area contributed by atoms with Crippen LogP contribution < -0.4 is 0 Å². The van der Waals surface area contributed by atoms with E-state index in [9.17, 15) is 4.79 Å². The van der Waals surface area contributed by atoms with E-state index in [1.165, 1.54) is 7.11 Å². The van der Waals surface area contributed by atoms with Crippen LogP contribution in [0, 0.1) is 11.3 Å². The van der Waals surface area contributed by atoms with E-state index in [-0.39, 0.29) is 0 Å². The van der Waals surface area contributed by atoms with Gasteiger partial charge in [0.1, 0.15) is 6.07 Å².